The maximum atomic E-state index is 12.8. The summed E-state index contributed by atoms with van der Waals surface area (Å²) in [5.74, 6) is 0.777. The number of hydrogen-bond donors (Lipinski definition) is 1. The van der Waals surface area contributed by atoms with Gasteiger partial charge in [0.1, 0.15) is 18.1 Å². The SMILES string of the molecule is Cn1cc(C(=O)NC2COc3ccccc3C2)c(-c2ccccc2)n1. The average molecular weight is 333 g/mol. The van der Waals surface area contributed by atoms with Crippen molar-refractivity contribution in [1.82, 2.24) is 15.1 Å². The van der Waals surface area contributed by atoms with Crippen LogP contribution in [0.25, 0.3) is 11.3 Å². The van der Waals surface area contributed by atoms with Gasteiger partial charge in [-0.2, -0.15) is 5.10 Å². The summed E-state index contributed by atoms with van der Waals surface area (Å²) < 4.78 is 7.43. The van der Waals surface area contributed by atoms with Crippen LogP contribution < -0.4 is 10.1 Å². The summed E-state index contributed by atoms with van der Waals surface area (Å²) in [6.07, 6.45) is 2.53. The first-order valence-corrected chi connectivity index (χ1v) is 8.31. The molecule has 0 radical (unpaired) electrons. The standard InChI is InChI=1S/C20H19N3O2/c1-23-12-17(19(22-23)14-7-3-2-4-8-14)20(24)21-16-11-15-9-5-6-10-18(15)25-13-16/h2-10,12,16H,11,13H2,1H3,(H,21,24). The molecule has 1 unspecified atom stereocenters. The van der Waals surface area contributed by atoms with Gasteiger partial charge in [0.25, 0.3) is 5.91 Å². The summed E-state index contributed by atoms with van der Waals surface area (Å²) in [6.45, 7) is 0.476. The highest BCUT2D eigenvalue weighted by Crippen LogP contribution is 2.25. The lowest BCUT2D eigenvalue weighted by Gasteiger charge is -2.26. The monoisotopic (exact) mass is 333 g/mol. The molecule has 0 bridgehead atoms. The summed E-state index contributed by atoms with van der Waals surface area (Å²) >= 11 is 0. The quantitative estimate of drug-likeness (QED) is 0.802. The zero-order valence-corrected chi connectivity index (χ0v) is 14.0. The fourth-order valence-corrected chi connectivity index (χ4v) is 3.15. The lowest BCUT2D eigenvalue weighted by molar-refractivity contribution is 0.0916. The molecular formula is C20H19N3O2. The predicted octanol–water partition coefficient (Wildman–Crippen LogP) is 2.82. The van der Waals surface area contributed by atoms with Crippen molar-refractivity contribution in [2.45, 2.75) is 12.5 Å². The number of hydrogen-bond acceptors (Lipinski definition) is 3. The van der Waals surface area contributed by atoms with Gasteiger partial charge in [-0.15, -0.1) is 0 Å². The van der Waals surface area contributed by atoms with Crippen molar-refractivity contribution in [3.05, 3.63) is 71.9 Å². The van der Waals surface area contributed by atoms with Crippen molar-refractivity contribution in [2.24, 2.45) is 7.05 Å². The molecule has 0 spiro atoms. The first kappa shape index (κ1) is 15.4. The van der Waals surface area contributed by atoms with E-state index in [2.05, 4.69) is 10.4 Å². The Balaban J connectivity index is 1.55. The molecule has 4 rings (SSSR count). The number of amides is 1. The van der Waals surface area contributed by atoms with Gasteiger partial charge in [0.15, 0.2) is 0 Å². The normalized spacial score (nSPS) is 16.0. The number of ether oxygens (including phenoxy) is 1. The van der Waals surface area contributed by atoms with Crippen LogP contribution in [0.5, 0.6) is 5.75 Å². The van der Waals surface area contributed by atoms with E-state index in [1.165, 1.54) is 0 Å². The number of rotatable bonds is 3. The van der Waals surface area contributed by atoms with E-state index in [-0.39, 0.29) is 11.9 Å². The summed E-state index contributed by atoms with van der Waals surface area (Å²) in [7, 11) is 1.82. The van der Waals surface area contributed by atoms with E-state index < -0.39 is 0 Å². The van der Waals surface area contributed by atoms with Gasteiger partial charge in [-0.1, -0.05) is 48.5 Å². The third-order valence-corrected chi connectivity index (χ3v) is 4.33. The van der Waals surface area contributed by atoms with Crippen molar-refractivity contribution in [3.63, 3.8) is 0 Å². The third-order valence-electron chi connectivity index (χ3n) is 4.33. The van der Waals surface area contributed by atoms with Crippen LogP contribution in [0.1, 0.15) is 15.9 Å². The molecule has 3 aromatic rings. The summed E-state index contributed by atoms with van der Waals surface area (Å²) in [6, 6.07) is 17.6. The van der Waals surface area contributed by atoms with Crippen LogP contribution in [0.3, 0.4) is 0 Å². The molecule has 2 heterocycles. The van der Waals surface area contributed by atoms with E-state index in [9.17, 15) is 4.79 Å². The molecule has 126 valence electrons. The summed E-state index contributed by atoms with van der Waals surface area (Å²) in [5.41, 5.74) is 3.32. The van der Waals surface area contributed by atoms with Crippen LogP contribution in [0.15, 0.2) is 60.8 Å². The fraction of sp³-hybridized carbons (Fsp3) is 0.200. The molecule has 5 heteroatoms. The van der Waals surface area contributed by atoms with Crippen molar-refractivity contribution in [1.29, 1.82) is 0 Å². The van der Waals surface area contributed by atoms with Crippen LogP contribution >= 0.6 is 0 Å². The van der Waals surface area contributed by atoms with Gasteiger partial charge in [0, 0.05) is 18.8 Å². The predicted molar refractivity (Wildman–Crippen MR) is 95.5 cm³/mol. The average Bonchev–Trinajstić information content (AvgIpc) is 3.04. The molecule has 1 N–H and O–H groups in total. The highest BCUT2D eigenvalue weighted by Gasteiger charge is 2.24. The van der Waals surface area contributed by atoms with E-state index >= 15 is 0 Å². The number of aryl methyl sites for hydroxylation is 1. The number of nitrogens with zero attached hydrogens (tertiary/aromatic N) is 2. The molecule has 1 aliphatic heterocycles. The van der Waals surface area contributed by atoms with Crippen molar-refractivity contribution < 1.29 is 9.53 Å². The Labute approximate surface area is 146 Å². The van der Waals surface area contributed by atoms with Crippen molar-refractivity contribution >= 4 is 5.91 Å². The number of aromatic nitrogens is 2. The Hall–Kier alpha value is -3.08. The fourth-order valence-electron chi connectivity index (χ4n) is 3.15. The summed E-state index contributed by atoms with van der Waals surface area (Å²) in [5, 5.41) is 7.54. The molecule has 2 aromatic carbocycles. The summed E-state index contributed by atoms with van der Waals surface area (Å²) in [4.78, 5) is 12.8. The number of nitrogens with one attached hydrogen (secondary N) is 1. The Morgan fingerprint density at radius 2 is 1.92 bits per heavy atom. The van der Waals surface area contributed by atoms with E-state index in [4.69, 9.17) is 4.74 Å². The van der Waals surface area contributed by atoms with E-state index in [0.29, 0.717) is 17.9 Å². The highest BCUT2D eigenvalue weighted by molar-refractivity contribution is 6.00. The van der Waals surface area contributed by atoms with Gasteiger partial charge in [-0.3, -0.25) is 9.48 Å². The first-order chi connectivity index (χ1) is 12.2. The van der Waals surface area contributed by atoms with Crippen LogP contribution in [-0.4, -0.2) is 28.3 Å². The highest BCUT2D eigenvalue weighted by atomic mass is 16.5. The lowest BCUT2D eigenvalue weighted by atomic mass is 10.0. The molecule has 0 aliphatic carbocycles. The van der Waals surface area contributed by atoms with Crippen LogP contribution in [0.2, 0.25) is 0 Å². The lowest BCUT2D eigenvalue weighted by Crippen LogP contribution is -2.42. The van der Waals surface area contributed by atoms with Crippen LogP contribution in [0.4, 0.5) is 0 Å². The zero-order valence-electron chi connectivity index (χ0n) is 14.0. The topological polar surface area (TPSA) is 56.2 Å². The number of para-hydroxylation sites is 1. The molecule has 25 heavy (non-hydrogen) atoms. The number of benzene rings is 2. The largest absolute Gasteiger partial charge is 0.491 e. The second-order valence-corrected chi connectivity index (χ2v) is 6.22. The van der Waals surface area contributed by atoms with E-state index in [0.717, 1.165) is 23.3 Å². The van der Waals surface area contributed by atoms with E-state index in [1.807, 2.05) is 61.6 Å². The second kappa shape index (κ2) is 6.43. The Bertz CT molecular complexity index is 902. The van der Waals surface area contributed by atoms with Crippen molar-refractivity contribution in [3.8, 4) is 17.0 Å². The van der Waals surface area contributed by atoms with Gasteiger partial charge >= 0.3 is 0 Å². The molecule has 0 saturated heterocycles. The maximum Gasteiger partial charge on any atom is 0.255 e. The minimum atomic E-state index is -0.125. The Morgan fingerprint density at radius 1 is 1.16 bits per heavy atom. The van der Waals surface area contributed by atoms with Crippen molar-refractivity contribution in [2.75, 3.05) is 6.61 Å². The van der Waals surface area contributed by atoms with Gasteiger partial charge in [-0.05, 0) is 18.1 Å². The molecular weight excluding hydrogens is 314 g/mol. The Kier molecular flexibility index (Phi) is 3.98. The maximum absolute atomic E-state index is 12.8. The minimum absolute atomic E-state index is 0.0498. The molecule has 1 amide bonds. The van der Waals surface area contributed by atoms with Gasteiger partial charge in [-0.25, -0.2) is 0 Å². The van der Waals surface area contributed by atoms with E-state index in [1.54, 1.807) is 10.9 Å². The zero-order chi connectivity index (χ0) is 17.2. The number of carbonyl (C=O) groups is 1. The van der Waals surface area contributed by atoms with Crippen LogP contribution in [0, 0.1) is 0 Å². The molecule has 1 aliphatic rings. The molecule has 0 saturated carbocycles. The number of carbonyl (C=O) groups excluding carboxylic acids is 1. The van der Waals surface area contributed by atoms with Gasteiger partial charge < -0.3 is 10.1 Å². The number of fused-ring (bicyclic) bond motifs is 1. The molecule has 5 nitrogen and oxygen atoms in total. The molecule has 0 fully saturated rings. The smallest absolute Gasteiger partial charge is 0.255 e. The minimum Gasteiger partial charge on any atom is -0.491 e. The Morgan fingerprint density at radius 3 is 2.76 bits per heavy atom. The van der Waals surface area contributed by atoms with Crippen LogP contribution in [-0.2, 0) is 13.5 Å². The first-order valence-electron chi connectivity index (χ1n) is 8.31. The van der Waals surface area contributed by atoms with Gasteiger partial charge in [0.2, 0.25) is 0 Å². The second-order valence-electron chi connectivity index (χ2n) is 6.22. The third kappa shape index (κ3) is 3.13. The molecule has 1 atom stereocenters. The van der Waals surface area contributed by atoms with Gasteiger partial charge in [0.05, 0.1) is 11.6 Å². The molecule has 1 aromatic heterocycles.